The fraction of sp³-hybridized carbons (Fsp3) is 0.300. The molecule has 3 aromatic rings. The van der Waals surface area contributed by atoms with E-state index in [0.29, 0.717) is 18.8 Å². The smallest absolute Gasteiger partial charge is 0.243 e. The third-order valence-electron chi connectivity index (χ3n) is 4.56. The van der Waals surface area contributed by atoms with Gasteiger partial charge < -0.3 is 9.88 Å². The molecule has 0 aliphatic carbocycles. The van der Waals surface area contributed by atoms with E-state index in [9.17, 15) is 13.2 Å². The third kappa shape index (κ3) is 4.63. The molecule has 1 heterocycles. The van der Waals surface area contributed by atoms with E-state index >= 15 is 0 Å². The van der Waals surface area contributed by atoms with E-state index in [1.807, 2.05) is 35.9 Å². The molecule has 154 valence electrons. The van der Waals surface area contributed by atoms with Gasteiger partial charge in [0, 0.05) is 25.8 Å². The quantitative estimate of drug-likeness (QED) is 0.552. The zero-order valence-electron chi connectivity index (χ0n) is 16.6. The normalized spacial score (nSPS) is 11.9. The number of hydrogen-bond donors (Lipinski definition) is 1. The van der Waals surface area contributed by atoms with Crippen molar-refractivity contribution < 1.29 is 13.2 Å². The molecule has 1 N–H and O–H groups in total. The number of sulfonamides is 1. The first-order valence-electron chi connectivity index (χ1n) is 9.31. The van der Waals surface area contributed by atoms with E-state index in [4.69, 9.17) is 0 Å². The number of nitrogens with one attached hydrogen (secondary N) is 1. The number of amides is 1. The van der Waals surface area contributed by atoms with Gasteiger partial charge in [0.05, 0.1) is 21.7 Å². The molecule has 0 saturated heterocycles. The van der Waals surface area contributed by atoms with Crippen LogP contribution in [-0.4, -0.2) is 47.0 Å². The molecule has 0 unspecified atom stereocenters. The number of benzene rings is 2. The molecular weight excluding hydrogens is 408 g/mol. The van der Waals surface area contributed by atoms with Gasteiger partial charge in [-0.25, -0.2) is 13.4 Å². The van der Waals surface area contributed by atoms with Crippen molar-refractivity contribution in [3.8, 4) is 0 Å². The first-order valence-corrected chi connectivity index (χ1v) is 11.7. The summed E-state index contributed by atoms with van der Waals surface area (Å²) >= 11 is 1.35. The van der Waals surface area contributed by atoms with Crippen molar-refractivity contribution in [1.29, 1.82) is 0 Å². The molecule has 3 rings (SSSR count). The fourth-order valence-electron chi connectivity index (χ4n) is 3.00. The number of thioether (sulfide) groups is 1. The summed E-state index contributed by atoms with van der Waals surface area (Å²) in [7, 11) is -1.58. The number of fused-ring (bicyclic) bond motifs is 1. The third-order valence-corrected chi connectivity index (χ3v) is 7.65. The molecule has 1 amide bonds. The highest BCUT2D eigenvalue weighted by Crippen LogP contribution is 2.23. The van der Waals surface area contributed by atoms with E-state index in [2.05, 4.69) is 10.3 Å². The molecule has 0 atom stereocenters. The summed E-state index contributed by atoms with van der Waals surface area (Å²) in [5, 5.41) is 3.56. The predicted octanol–water partition coefficient (Wildman–Crippen LogP) is 3.33. The van der Waals surface area contributed by atoms with Gasteiger partial charge in [0.15, 0.2) is 5.16 Å². The van der Waals surface area contributed by atoms with Gasteiger partial charge in [-0.15, -0.1) is 0 Å². The van der Waals surface area contributed by atoms with Gasteiger partial charge in [-0.05, 0) is 36.4 Å². The number of imidazole rings is 1. The van der Waals surface area contributed by atoms with Crippen LogP contribution < -0.4 is 5.32 Å². The topological polar surface area (TPSA) is 84.3 Å². The second-order valence-corrected chi connectivity index (χ2v) is 9.27. The molecule has 0 fully saturated rings. The van der Waals surface area contributed by atoms with Crippen LogP contribution >= 0.6 is 11.8 Å². The number of anilines is 1. The monoisotopic (exact) mass is 432 g/mol. The average molecular weight is 433 g/mol. The minimum atomic E-state index is -3.50. The predicted molar refractivity (Wildman–Crippen MR) is 117 cm³/mol. The van der Waals surface area contributed by atoms with E-state index in [-0.39, 0.29) is 16.6 Å². The second-order valence-electron chi connectivity index (χ2n) is 6.39. The zero-order valence-corrected chi connectivity index (χ0v) is 18.3. The van der Waals surface area contributed by atoms with Crippen LogP contribution in [0.25, 0.3) is 11.0 Å². The number of aromatic nitrogens is 2. The zero-order chi connectivity index (χ0) is 21.0. The summed E-state index contributed by atoms with van der Waals surface area (Å²) in [5.74, 6) is 0.0258. The second kappa shape index (κ2) is 8.98. The molecule has 2 aromatic carbocycles. The van der Waals surface area contributed by atoms with Crippen LogP contribution in [0.3, 0.4) is 0 Å². The summed E-state index contributed by atoms with van der Waals surface area (Å²) < 4.78 is 28.4. The van der Waals surface area contributed by atoms with E-state index in [1.165, 1.54) is 28.2 Å². The van der Waals surface area contributed by atoms with Gasteiger partial charge in [0.1, 0.15) is 0 Å². The molecule has 0 saturated carbocycles. The molecule has 7 nitrogen and oxygen atoms in total. The highest BCUT2D eigenvalue weighted by atomic mass is 32.2. The van der Waals surface area contributed by atoms with Crippen molar-refractivity contribution in [3.05, 3.63) is 48.5 Å². The first-order chi connectivity index (χ1) is 13.9. The van der Waals surface area contributed by atoms with E-state index < -0.39 is 10.0 Å². The van der Waals surface area contributed by atoms with Crippen LogP contribution in [0.4, 0.5) is 5.69 Å². The van der Waals surface area contributed by atoms with Gasteiger partial charge in [-0.2, -0.15) is 4.31 Å². The number of carbonyl (C=O) groups is 1. The Balaban J connectivity index is 1.63. The molecule has 1 aromatic heterocycles. The molecule has 29 heavy (non-hydrogen) atoms. The number of hydrogen-bond acceptors (Lipinski definition) is 5. The maximum atomic E-state index is 12.5. The lowest BCUT2D eigenvalue weighted by Crippen LogP contribution is -2.30. The van der Waals surface area contributed by atoms with Crippen molar-refractivity contribution in [2.45, 2.75) is 23.9 Å². The van der Waals surface area contributed by atoms with Crippen LogP contribution in [0.15, 0.2) is 58.6 Å². The van der Waals surface area contributed by atoms with Crippen molar-refractivity contribution >= 4 is 44.4 Å². The number of rotatable bonds is 8. The highest BCUT2D eigenvalue weighted by molar-refractivity contribution is 7.99. The van der Waals surface area contributed by atoms with Crippen molar-refractivity contribution in [3.63, 3.8) is 0 Å². The van der Waals surface area contributed by atoms with Gasteiger partial charge in [-0.1, -0.05) is 37.7 Å². The lowest BCUT2D eigenvalue weighted by Gasteiger charge is -2.18. The van der Waals surface area contributed by atoms with Crippen LogP contribution in [0.1, 0.15) is 13.8 Å². The summed E-state index contributed by atoms with van der Waals surface area (Å²) in [5.41, 5.74) is 2.46. The molecule has 0 bridgehead atoms. The Labute approximate surface area is 175 Å². The van der Waals surface area contributed by atoms with Crippen molar-refractivity contribution in [1.82, 2.24) is 13.9 Å². The Morgan fingerprint density at radius 2 is 1.76 bits per heavy atom. The Kier molecular flexibility index (Phi) is 6.61. The summed E-state index contributed by atoms with van der Waals surface area (Å²) in [6.45, 7) is 4.43. The summed E-state index contributed by atoms with van der Waals surface area (Å²) in [6, 6.07) is 14.1. The minimum absolute atomic E-state index is 0.179. The van der Waals surface area contributed by atoms with E-state index in [0.717, 1.165) is 16.2 Å². The SMILES string of the molecule is CCN(CC)S(=O)(=O)c1ccc(NC(=O)CSc2nc3ccccc3n2C)cc1. The van der Waals surface area contributed by atoms with Crippen molar-refractivity contribution in [2.75, 3.05) is 24.2 Å². The van der Waals surface area contributed by atoms with Gasteiger partial charge in [0.2, 0.25) is 15.9 Å². The summed E-state index contributed by atoms with van der Waals surface area (Å²) in [4.78, 5) is 17.1. The number of para-hydroxylation sites is 2. The Bertz CT molecular complexity index is 1100. The summed E-state index contributed by atoms with van der Waals surface area (Å²) in [6.07, 6.45) is 0. The average Bonchev–Trinajstić information content (AvgIpc) is 3.03. The molecule has 9 heteroatoms. The highest BCUT2D eigenvalue weighted by Gasteiger charge is 2.21. The molecular formula is C20H24N4O3S2. The largest absolute Gasteiger partial charge is 0.325 e. The van der Waals surface area contributed by atoms with Gasteiger partial charge in [0.25, 0.3) is 0 Å². The lowest BCUT2D eigenvalue weighted by atomic mass is 10.3. The van der Waals surface area contributed by atoms with E-state index in [1.54, 1.807) is 26.0 Å². The number of aryl methyl sites for hydroxylation is 1. The van der Waals surface area contributed by atoms with Crippen molar-refractivity contribution in [2.24, 2.45) is 7.05 Å². The Morgan fingerprint density at radius 1 is 1.10 bits per heavy atom. The van der Waals surface area contributed by atoms with Crippen LogP contribution in [-0.2, 0) is 21.9 Å². The Hall–Kier alpha value is -2.36. The molecule has 0 aliphatic rings. The fourth-order valence-corrected chi connectivity index (χ4v) is 5.25. The maximum absolute atomic E-state index is 12.5. The van der Waals surface area contributed by atoms with Crippen LogP contribution in [0, 0.1) is 0 Å². The molecule has 0 spiro atoms. The number of nitrogens with zero attached hydrogens (tertiary/aromatic N) is 3. The molecule has 0 radical (unpaired) electrons. The van der Waals surface area contributed by atoms with Gasteiger partial charge >= 0.3 is 0 Å². The maximum Gasteiger partial charge on any atom is 0.243 e. The minimum Gasteiger partial charge on any atom is -0.325 e. The lowest BCUT2D eigenvalue weighted by molar-refractivity contribution is -0.113. The van der Waals surface area contributed by atoms with Crippen LogP contribution in [0.2, 0.25) is 0 Å². The molecule has 0 aliphatic heterocycles. The van der Waals surface area contributed by atoms with Gasteiger partial charge in [-0.3, -0.25) is 4.79 Å². The Morgan fingerprint density at radius 3 is 2.38 bits per heavy atom. The standard InChI is InChI=1S/C20H24N4O3S2/c1-4-24(5-2)29(26,27)16-12-10-15(11-13-16)21-19(25)14-28-20-22-17-8-6-7-9-18(17)23(20)3/h6-13H,4-5,14H2,1-3H3,(H,21,25). The van der Waals surface area contributed by atoms with Crippen LogP contribution in [0.5, 0.6) is 0 Å². The first kappa shape index (κ1) is 21.4. The number of carbonyl (C=O) groups excluding carboxylic acids is 1.